The van der Waals surface area contributed by atoms with Crippen molar-refractivity contribution in [2.24, 2.45) is 5.10 Å². The molecule has 0 aromatic heterocycles. The lowest BCUT2D eigenvalue weighted by atomic mass is 10.0. The summed E-state index contributed by atoms with van der Waals surface area (Å²) in [7, 11) is 0. The van der Waals surface area contributed by atoms with Gasteiger partial charge in [-0.2, -0.15) is 10.4 Å². The zero-order valence-corrected chi connectivity index (χ0v) is 12.5. The highest BCUT2D eigenvalue weighted by molar-refractivity contribution is 5.83. The summed E-state index contributed by atoms with van der Waals surface area (Å²) >= 11 is 0. The van der Waals surface area contributed by atoms with E-state index in [9.17, 15) is 0 Å². The Balaban J connectivity index is 1.75. The number of hydrogen-bond donors (Lipinski definition) is 1. The second kappa shape index (κ2) is 7.06. The molecule has 3 aromatic carbocycles. The number of hydrogen-bond acceptors (Lipinski definition) is 3. The molecule has 0 amide bonds. The topological polar surface area (TPSA) is 48.2 Å². The van der Waals surface area contributed by atoms with E-state index in [1.165, 1.54) is 0 Å². The van der Waals surface area contributed by atoms with Crippen molar-refractivity contribution in [1.82, 2.24) is 0 Å². The van der Waals surface area contributed by atoms with Crippen molar-refractivity contribution in [3.05, 3.63) is 90.0 Å². The molecule has 0 atom stereocenters. The van der Waals surface area contributed by atoms with E-state index >= 15 is 0 Å². The van der Waals surface area contributed by atoms with Gasteiger partial charge in [0.15, 0.2) is 0 Å². The van der Waals surface area contributed by atoms with Crippen LogP contribution in [-0.2, 0) is 0 Å². The fraction of sp³-hybridized carbons (Fsp3) is 0. The average Bonchev–Trinajstić information content (AvgIpc) is 2.63. The van der Waals surface area contributed by atoms with Crippen LogP contribution in [0, 0.1) is 11.3 Å². The highest BCUT2D eigenvalue weighted by Crippen LogP contribution is 2.20. The molecule has 0 aliphatic rings. The Morgan fingerprint density at radius 2 is 1.61 bits per heavy atom. The van der Waals surface area contributed by atoms with E-state index < -0.39 is 0 Å². The maximum Gasteiger partial charge on any atom is 0.0991 e. The minimum absolute atomic E-state index is 0.665. The summed E-state index contributed by atoms with van der Waals surface area (Å²) in [4.78, 5) is 0. The minimum Gasteiger partial charge on any atom is -0.279 e. The van der Waals surface area contributed by atoms with Gasteiger partial charge in [-0.05, 0) is 47.0 Å². The largest absolute Gasteiger partial charge is 0.279 e. The van der Waals surface area contributed by atoms with Gasteiger partial charge in [0.1, 0.15) is 0 Å². The quantitative estimate of drug-likeness (QED) is 0.562. The van der Waals surface area contributed by atoms with Gasteiger partial charge in [-0.3, -0.25) is 5.43 Å². The van der Waals surface area contributed by atoms with Crippen molar-refractivity contribution in [3.8, 4) is 17.2 Å². The molecule has 0 saturated carbocycles. The van der Waals surface area contributed by atoms with E-state index in [0.717, 1.165) is 22.4 Å². The van der Waals surface area contributed by atoms with Crippen LogP contribution in [0.2, 0.25) is 0 Å². The third-order valence-electron chi connectivity index (χ3n) is 3.42. The van der Waals surface area contributed by atoms with E-state index in [0.29, 0.717) is 5.56 Å². The predicted molar refractivity (Wildman–Crippen MR) is 94.3 cm³/mol. The molecule has 3 nitrogen and oxygen atoms in total. The van der Waals surface area contributed by atoms with Crippen LogP contribution in [-0.4, -0.2) is 6.21 Å². The molecule has 3 heteroatoms. The number of nitrogens with zero attached hydrogens (tertiary/aromatic N) is 2. The summed E-state index contributed by atoms with van der Waals surface area (Å²) < 4.78 is 0. The molecular weight excluding hydrogens is 282 g/mol. The maximum atomic E-state index is 8.86. The van der Waals surface area contributed by atoms with Crippen LogP contribution in [0.3, 0.4) is 0 Å². The van der Waals surface area contributed by atoms with Gasteiger partial charge in [-0.1, -0.05) is 48.5 Å². The van der Waals surface area contributed by atoms with Gasteiger partial charge in [0.05, 0.1) is 23.5 Å². The third kappa shape index (κ3) is 3.84. The standard InChI is InChI=1S/C20H15N3/c21-14-16-9-11-18(12-10-16)19-6-4-5-17(13-19)15-22-23-20-7-2-1-3-8-20/h1-13,15,23H. The van der Waals surface area contributed by atoms with Gasteiger partial charge in [0, 0.05) is 0 Å². The highest BCUT2D eigenvalue weighted by Gasteiger charge is 1.99. The van der Waals surface area contributed by atoms with Crippen LogP contribution >= 0.6 is 0 Å². The fourth-order valence-corrected chi connectivity index (χ4v) is 2.23. The molecule has 0 saturated heterocycles. The van der Waals surface area contributed by atoms with Crippen molar-refractivity contribution < 1.29 is 0 Å². The number of anilines is 1. The van der Waals surface area contributed by atoms with Crippen molar-refractivity contribution in [3.63, 3.8) is 0 Å². The molecular formula is C20H15N3. The van der Waals surface area contributed by atoms with Crippen molar-refractivity contribution in [2.45, 2.75) is 0 Å². The SMILES string of the molecule is N#Cc1ccc(-c2cccc(C=NNc3ccccc3)c2)cc1. The second-order valence-corrected chi connectivity index (χ2v) is 5.05. The molecule has 0 spiro atoms. The molecule has 0 radical (unpaired) electrons. The molecule has 0 bridgehead atoms. The van der Waals surface area contributed by atoms with Crippen LogP contribution in [0.15, 0.2) is 84.0 Å². The van der Waals surface area contributed by atoms with Crippen LogP contribution in [0.1, 0.15) is 11.1 Å². The van der Waals surface area contributed by atoms with E-state index in [2.05, 4.69) is 22.7 Å². The number of para-hydroxylation sites is 1. The van der Waals surface area contributed by atoms with Crippen LogP contribution in [0.5, 0.6) is 0 Å². The summed E-state index contributed by atoms with van der Waals surface area (Å²) in [5.41, 5.74) is 7.80. The summed E-state index contributed by atoms with van der Waals surface area (Å²) in [5.74, 6) is 0. The molecule has 3 rings (SSSR count). The summed E-state index contributed by atoms with van der Waals surface area (Å²) in [6.07, 6.45) is 1.79. The summed E-state index contributed by atoms with van der Waals surface area (Å²) in [5, 5.41) is 13.1. The average molecular weight is 297 g/mol. The Morgan fingerprint density at radius 1 is 0.826 bits per heavy atom. The monoisotopic (exact) mass is 297 g/mol. The molecule has 110 valence electrons. The lowest BCUT2D eigenvalue weighted by Crippen LogP contribution is -1.90. The first kappa shape index (κ1) is 14.6. The highest BCUT2D eigenvalue weighted by atomic mass is 15.3. The lowest BCUT2D eigenvalue weighted by molar-refractivity contribution is 1.35. The number of benzene rings is 3. The van der Waals surface area contributed by atoms with Gasteiger partial charge in [0.25, 0.3) is 0 Å². The molecule has 0 aliphatic heterocycles. The van der Waals surface area contributed by atoms with Gasteiger partial charge in [-0.25, -0.2) is 0 Å². The van der Waals surface area contributed by atoms with Gasteiger partial charge < -0.3 is 0 Å². The lowest BCUT2D eigenvalue weighted by Gasteiger charge is -2.03. The van der Waals surface area contributed by atoms with Gasteiger partial charge in [-0.15, -0.1) is 0 Å². The predicted octanol–water partition coefficient (Wildman–Crippen LogP) is 4.67. The zero-order chi connectivity index (χ0) is 15.9. The van der Waals surface area contributed by atoms with Gasteiger partial charge in [0.2, 0.25) is 0 Å². The number of nitriles is 1. The first-order valence-electron chi connectivity index (χ1n) is 7.30. The third-order valence-corrected chi connectivity index (χ3v) is 3.42. The van der Waals surface area contributed by atoms with Crippen molar-refractivity contribution in [2.75, 3.05) is 5.43 Å². The first-order chi connectivity index (χ1) is 11.3. The van der Waals surface area contributed by atoms with E-state index in [4.69, 9.17) is 5.26 Å². The number of rotatable bonds is 4. The normalized spacial score (nSPS) is 10.4. The van der Waals surface area contributed by atoms with Gasteiger partial charge >= 0.3 is 0 Å². The van der Waals surface area contributed by atoms with Crippen molar-refractivity contribution >= 4 is 11.9 Å². The second-order valence-electron chi connectivity index (χ2n) is 5.05. The number of hydrazone groups is 1. The van der Waals surface area contributed by atoms with E-state index in [1.807, 2.05) is 72.8 Å². The number of nitrogens with one attached hydrogen (secondary N) is 1. The van der Waals surface area contributed by atoms with E-state index in [1.54, 1.807) is 6.21 Å². The Hall–Kier alpha value is -3.38. The molecule has 0 heterocycles. The van der Waals surface area contributed by atoms with Crippen LogP contribution in [0.25, 0.3) is 11.1 Å². The van der Waals surface area contributed by atoms with Crippen LogP contribution < -0.4 is 5.43 Å². The Bertz CT molecular complexity index is 844. The molecule has 23 heavy (non-hydrogen) atoms. The fourth-order valence-electron chi connectivity index (χ4n) is 2.23. The minimum atomic E-state index is 0.665. The van der Waals surface area contributed by atoms with Crippen LogP contribution in [0.4, 0.5) is 5.69 Å². The smallest absolute Gasteiger partial charge is 0.0991 e. The summed E-state index contributed by atoms with van der Waals surface area (Å²) in [6.45, 7) is 0. The summed E-state index contributed by atoms with van der Waals surface area (Å²) in [6, 6.07) is 27.6. The molecule has 0 aliphatic carbocycles. The maximum absolute atomic E-state index is 8.86. The molecule has 0 unspecified atom stereocenters. The molecule has 1 N–H and O–H groups in total. The molecule has 3 aromatic rings. The zero-order valence-electron chi connectivity index (χ0n) is 12.5. The Labute approximate surface area is 135 Å². The van der Waals surface area contributed by atoms with E-state index in [-0.39, 0.29) is 0 Å². The Kier molecular flexibility index (Phi) is 4.47. The molecule has 0 fully saturated rings. The Morgan fingerprint density at radius 3 is 2.35 bits per heavy atom. The first-order valence-corrected chi connectivity index (χ1v) is 7.30. The van der Waals surface area contributed by atoms with Crippen molar-refractivity contribution in [1.29, 1.82) is 5.26 Å².